The molecule has 1 aromatic rings. The fourth-order valence-electron chi connectivity index (χ4n) is 0.979. The van der Waals surface area contributed by atoms with Gasteiger partial charge in [0.15, 0.2) is 0 Å². The number of carbonyl (C=O) groups excluding carboxylic acids is 1. The Bertz CT molecular complexity index is 421. The minimum Gasteiger partial charge on any atom is -0.310 e. The van der Waals surface area contributed by atoms with E-state index >= 15 is 0 Å². The molecule has 0 saturated carbocycles. The molecule has 0 unspecified atom stereocenters. The van der Waals surface area contributed by atoms with E-state index in [-0.39, 0.29) is 11.7 Å². The molecule has 0 aliphatic heterocycles. The maximum Gasteiger partial charge on any atom is 0.416 e. The summed E-state index contributed by atoms with van der Waals surface area (Å²) in [6.45, 7) is 4.99. The van der Waals surface area contributed by atoms with Gasteiger partial charge in [0.25, 0.3) is 0 Å². The molecular weight excluding hydrogens is 233 g/mol. The quantitative estimate of drug-likeness (QED) is 0.827. The largest absolute Gasteiger partial charge is 0.416 e. The number of aromatic nitrogens is 1. The fourth-order valence-corrected chi connectivity index (χ4v) is 0.979. The van der Waals surface area contributed by atoms with Crippen molar-refractivity contribution in [2.75, 3.05) is 5.32 Å². The first-order valence-corrected chi connectivity index (χ1v) is 4.95. The van der Waals surface area contributed by atoms with Gasteiger partial charge in [-0.2, -0.15) is 13.2 Å². The third-order valence-corrected chi connectivity index (χ3v) is 2.01. The van der Waals surface area contributed by atoms with E-state index in [2.05, 4.69) is 10.3 Å². The van der Waals surface area contributed by atoms with Crippen molar-refractivity contribution in [3.8, 4) is 0 Å². The van der Waals surface area contributed by atoms with Crippen molar-refractivity contribution >= 4 is 11.7 Å². The zero-order valence-corrected chi connectivity index (χ0v) is 9.72. The predicted octanol–water partition coefficient (Wildman–Crippen LogP) is 3.09. The number of alkyl halides is 3. The smallest absolute Gasteiger partial charge is 0.310 e. The van der Waals surface area contributed by atoms with Gasteiger partial charge in [0, 0.05) is 11.6 Å². The summed E-state index contributed by atoms with van der Waals surface area (Å²) in [5, 5.41) is 2.34. The van der Waals surface area contributed by atoms with E-state index in [4.69, 9.17) is 0 Å². The van der Waals surface area contributed by atoms with Crippen LogP contribution in [0.2, 0.25) is 0 Å². The minimum absolute atomic E-state index is 0.0975. The van der Waals surface area contributed by atoms with Gasteiger partial charge in [-0.15, -0.1) is 0 Å². The van der Waals surface area contributed by atoms with E-state index in [0.717, 1.165) is 18.3 Å². The van der Waals surface area contributed by atoms with Crippen molar-refractivity contribution in [3.05, 3.63) is 23.9 Å². The van der Waals surface area contributed by atoms with Crippen LogP contribution < -0.4 is 5.32 Å². The van der Waals surface area contributed by atoms with Crippen molar-refractivity contribution < 1.29 is 18.0 Å². The summed E-state index contributed by atoms with van der Waals surface area (Å²) in [5.74, 6) is -0.482. The number of halogens is 3. The molecule has 1 heterocycles. The van der Waals surface area contributed by atoms with Crippen molar-refractivity contribution in [1.82, 2.24) is 4.98 Å². The molecule has 0 saturated heterocycles. The Morgan fingerprint density at radius 1 is 1.29 bits per heavy atom. The van der Waals surface area contributed by atoms with Crippen LogP contribution in [-0.2, 0) is 11.0 Å². The number of nitrogens with one attached hydrogen (secondary N) is 1. The van der Waals surface area contributed by atoms with Gasteiger partial charge in [-0.1, -0.05) is 20.8 Å². The summed E-state index contributed by atoms with van der Waals surface area (Å²) in [4.78, 5) is 15.2. The lowest BCUT2D eigenvalue weighted by atomic mass is 9.96. The number of hydrogen-bond acceptors (Lipinski definition) is 2. The molecule has 94 valence electrons. The van der Waals surface area contributed by atoms with Crippen molar-refractivity contribution in [2.45, 2.75) is 26.9 Å². The number of amides is 1. The number of carbonyl (C=O) groups is 1. The summed E-state index contributed by atoms with van der Waals surface area (Å²) in [6, 6.07) is 1.66. The van der Waals surface area contributed by atoms with Crippen LogP contribution in [-0.4, -0.2) is 10.9 Å². The predicted molar refractivity (Wildman–Crippen MR) is 57.3 cm³/mol. The van der Waals surface area contributed by atoms with Crippen LogP contribution in [0.4, 0.5) is 19.0 Å². The van der Waals surface area contributed by atoms with Crippen molar-refractivity contribution in [2.24, 2.45) is 5.41 Å². The highest BCUT2D eigenvalue weighted by Crippen LogP contribution is 2.30. The fraction of sp³-hybridized carbons (Fsp3) is 0.455. The molecular formula is C11H13F3N2O. The molecule has 0 aliphatic rings. The number of anilines is 1. The van der Waals surface area contributed by atoms with Gasteiger partial charge in [-0.3, -0.25) is 4.79 Å². The van der Waals surface area contributed by atoms with Gasteiger partial charge in [0.05, 0.1) is 5.56 Å². The summed E-state index contributed by atoms with van der Waals surface area (Å²) < 4.78 is 37.2. The molecule has 0 aromatic carbocycles. The monoisotopic (exact) mass is 246 g/mol. The van der Waals surface area contributed by atoms with Crippen molar-refractivity contribution in [1.29, 1.82) is 0 Å². The van der Waals surface area contributed by atoms with Crippen LogP contribution >= 0.6 is 0 Å². The molecule has 1 N–H and O–H groups in total. The second-order valence-corrected chi connectivity index (χ2v) is 4.63. The molecule has 6 heteroatoms. The zero-order valence-electron chi connectivity index (χ0n) is 9.72. The molecule has 1 rings (SSSR count). The van der Waals surface area contributed by atoms with Crippen LogP contribution in [0, 0.1) is 5.41 Å². The van der Waals surface area contributed by atoms with Crippen LogP contribution in [0.25, 0.3) is 0 Å². The van der Waals surface area contributed by atoms with Gasteiger partial charge >= 0.3 is 6.18 Å². The molecule has 17 heavy (non-hydrogen) atoms. The Kier molecular flexibility index (Phi) is 3.45. The lowest BCUT2D eigenvalue weighted by Gasteiger charge is -2.17. The third kappa shape index (κ3) is 3.72. The Morgan fingerprint density at radius 2 is 1.88 bits per heavy atom. The summed E-state index contributed by atoms with van der Waals surface area (Å²) in [7, 11) is 0. The van der Waals surface area contributed by atoms with Crippen LogP contribution in [0.15, 0.2) is 18.3 Å². The Hall–Kier alpha value is -1.59. The second kappa shape index (κ2) is 4.35. The lowest BCUT2D eigenvalue weighted by molar-refractivity contribution is -0.137. The Morgan fingerprint density at radius 3 is 2.35 bits per heavy atom. The number of hydrogen-bond donors (Lipinski definition) is 1. The maximum absolute atomic E-state index is 12.4. The summed E-state index contributed by atoms with van der Waals surface area (Å²) in [5.41, 5.74) is -1.52. The standard InChI is InChI=1S/C11H13F3N2O/c1-10(2,3)9(17)16-8-6-7(4-5-15-8)11(12,13)14/h4-6H,1-3H3,(H,15,16,17). The molecule has 0 atom stereocenters. The topological polar surface area (TPSA) is 42.0 Å². The number of rotatable bonds is 1. The summed E-state index contributed by atoms with van der Waals surface area (Å²) in [6.07, 6.45) is -3.43. The normalized spacial score (nSPS) is 12.4. The zero-order chi connectivity index (χ0) is 13.3. The number of pyridine rings is 1. The number of nitrogens with zero attached hydrogens (tertiary/aromatic N) is 1. The third-order valence-electron chi connectivity index (χ3n) is 2.01. The van der Waals surface area contributed by atoms with E-state index in [1.165, 1.54) is 0 Å². The highest BCUT2D eigenvalue weighted by atomic mass is 19.4. The second-order valence-electron chi connectivity index (χ2n) is 4.63. The SMILES string of the molecule is CC(C)(C)C(=O)Nc1cc(C(F)(F)F)ccn1. The average Bonchev–Trinajstić information content (AvgIpc) is 2.15. The first-order valence-electron chi connectivity index (χ1n) is 4.95. The molecule has 0 spiro atoms. The summed E-state index contributed by atoms with van der Waals surface area (Å²) >= 11 is 0. The molecule has 0 bridgehead atoms. The minimum atomic E-state index is -4.44. The Balaban J connectivity index is 2.91. The molecule has 0 fully saturated rings. The van der Waals surface area contributed by atoms with E-state index in [1.54, 1.807) is 20.8 Å². The average molecular weight is 246 g/mol. The molecule has 3 nitrogen and oxygen atoms in total. The molecule has 0 aliphatic carbocycles. The lowest BCUT2D eigenvalue weighted by Crippen LogP contribution is -2.28. The first-order chi connectivity index (χ1) is 7.60. The van der Waals surface area contributed by atoms with Crippen LogP contribution in [0.1, 0.15) is 26.3 Å². The van der Waals surface area contributed by atoms with E-state index in [0.29, 0.717) is 0 Å². The highest BCUT2D eigenvalue weighted by molar-refractivity contribution is 5.93. The van der Waals surface area contributed by atoms with E-state index in [9.17, 15) is 18.0 Å². The highest BCUT2D eigenvalue weighted by Gasteiger charge is 2.31. The van der Waals surface area contributed by atoms with E-state index < -0.39 is 17.2 Å². The maximum atomic E-state index is 12.4. The van der Waals surface area contributed by atoms with Gasteiger partial charge in [0.2, 0.25) is 5.91 Å². The molecule has 1 amide bonds. The Labute approximate surface area is 97.0 Å². The van der Waals surface area contributed by atoms with Gasteiger partial charge in [-0.25, -0.2) is 4.98 Å². The van der Waals surface area contributed by atoms with E-state index in [1.807, 2.05) is 0 Å². The van der Waals surface area contributed by atoms with Crippen LogP contribution in [0.3, 0.4) is 0 Å². The van der Waals surface area contributed by atoms with Gasteiger partial charge in [0.1, 0.15) is 5.82 Å². The van der Waals surface area contributed by atoms with Gasteiger partial charge < -0.3 is 5.32 Å². The van der Waals surface area contributed by atoms with Crippen LogP contribution in [0.5, 0.6) is 0 Å². The van der Waals surface area contributed by atoms with Gasteiger partial charge in [-0.05, 0) is 12.1 Å². The molecule has 0 radical (unpaired) electrons. The first kappa shape index (κ1) is 13.5. The van der Waals surface area contributed by atoms with Crippen molar-refractivity contribution in [3.63, 3.8) is 0 Å². The molecule has 1 aromatic heterocycles.